The molecule has 1 N–H and O–H groups in total. The fourth-order valence-electron chi connectivity index (χ4n) is 2.14. The zero-order chi connectivity index (χ0) is 15.6. The van der Waals surface area contributed by atoms with Gasteiger partial charge in [-0.2, -0.15) is 0 Å². The van der Waals surface area contributed by atoms with Crippen molar-refractivity contribution in [2.45, 2.75) is 65.2 Å². The molecule has 3 heteroatoms. The average molecular weight is 293 g/mol. The highest BCUT2D eigenvalue weighted by Crippen LogP contribution is 2.37. The molecular formula is C17H27NOS. The van der Waals surface area contributed by atoms with Crippen LogP contribution < -0.4 is 5.32 Å². The summed E-state index contributed by atoms with van der Waals surface area (Å²) in [6.07, 6.45) is 2.09. The monoisotopic (exact) mass is 293 g/mol. The van der Waals surface area contributed by atoms with Crippen LogP contribution in [0.2, 0.25) is 0 Å². The van der Waals surface area contributed by atoms with Gasteiger partial charge < -0.3 is 5.32 Å². The van der Waals surface area contributed by atoms with Crippen molar-refractivity contribution in [3.8, 4) is 0 Å². The van der Waals surface area contributed by atoms with Gasteiger partial charge in [0.05, 0.1) is 0 Å². The van der Waals surface area contributed by atoms with E-state index in [9.17, 15) is 4.79 Å². The zero-order valence-electron chi connectivity index (χ0n) is 13.5. The summed E-state index contributed by atoms with van der Waals surface area (Å²) in [6, 6.07) is 6.36. The minimum Gasteiger partial charge on any atom is -0.317 e. The highest BCUT2D eigenvalue weighted by atomic mass is 32.1. The van der Waals surface area contributed by atoms with Gasteiger partial charge in [0, 0.05) is 5.69 Å². The molecule has 0 atom stereocenters. The normalized spacial score (nSPS) is 12.3. The first-order valence-electron chi connectivity index (χ1n) is 7.29. The molecule has 0 bridgehead atoms. The molecule has 0 aromatic heterocycles. The molecule has 0 aliphatic rings. The van der Waals surface area contributed by atoms with Crippen molar-refractivity contribution >= 4 is 23.6 Å². The Balaban J connectivity index is 3.40. The summed E-state index contributed by atoms with van der Waals surface area (Å²) in [5.41, 5.74) is 3.52. The van der Waals surface area contributed by atoms with Crippen LogP contribution in [0.5, 0.6) is 0 Å². The molecule has 0 saturated heterocycles. The smallest absolute Gasteiger partial charge is 0.280 e. The Hall–Kier alpha value is -0.960. The van der Waals surface area contributed by atoms with E-state index in [0.717, 1.165) is 18.5 Å². The minimum absolute atomic E-state index is 0.0192. The highest BCUT2D eigenvalue weighted by molar-refractivity contribution is 7.96. The molecular weight excluding hydrogens is 266 g/mol. The third-order valence-corrected chi connectivity index (χ3v) is 4.65. The van der Waals surface area contributed by atoms with Crippen LogP contribution in [0.25, 0.3) is 0 Å². The second-order valence-electron chi connectivity index (χ2n) is 6.67. The van der Waals surface area contributed by atoms with Gasteiger partial charge in [0.15, 0.2) is 0 Å². The number of hydrogen-bond donors (Lipinski definition) is 2. The number of thiol groups is 1. The number of carbonyl (C=O) groups is 1. The number of benzene rings is 1. The van der Waals surface area contributed by atoms with Gasteiger partial charge in [-0.25, -0.2) is 0 Å². The lowest BCUT2D eigenvalue weighted by molar-refractivity contribution is 0.270. The van der Waals surface area contributed by atoms with E-state index < -0.39 is 0 Å². The Bertz CT molecular complexity index is 492. The molecule has 1 aromatic rings. The Morgan fingerprint density at radius 1 is 1.10 bits per heavy atom. The second kappa shape index (κ2) is 6.21. The SMILES string of the molecule is CCC(C)(C)c1ccc(NC(=O)S)c(C(C)(C)CC)c1. The Morgan fingerprint density at radius 3 is 2.10 bits per heavy atom. The number of amides is 1. The van der Waals surface area contributed by atoms with Gasteiger partial charge in [-0.1, -0.05) is 66.3 Å². The maximum atomic E-state index is 11.3. The summed E-state index contributed by atoms with van der Waals surface area (Å²) in [5, 5.41) is 2.52. The van der Waals surface area contributed by atoms with Crippen LogP contribution in [0.1, 0.15) is 65.5 Å². The predicted octanol–water partition coefficient (Wildman–Crippen LogP) is 5.52. The molecule has 0 aliphatic heterocycles. The molecule has 1 amide bonds. The molecule has 0 heterocycles. The molecule has 2 nitrogen and oxygen atoms in total. The Labute approximate surface area is 128 Å². The lowest BCUT2D eigenvalue weighted by atomic mass is 9.76. The van der Waals surface area contributed by atoms with E-state index in [4.69, 9.17) is 0 Å². The molecule has 0 radical (unpaired) electrons. The fourth-order valence-corrected chi connectivity index (χ4v) is 2.26. The summed E-state index contributed by atoms with van der Waals surface area (Å²) >= 11 is 3.83. The summed E-state index contributed by atoms with van der Waals surface area (Å²) in [6.45, 7) is 13.3. The van der Waals surface area contributed by atoms with E-state index in [0.29, 0.717) is 0 Å². The van der Waals surface area contributed by atoms with Gasteiger partial charge in [0.2, 0.25) is 0 Å². The Kier molecular flexibility index (Phi) is 5.31. The summed E-state index contributed by atoms with van der Waals surface area (Å²) in [7, 11) is 0. The van der Waals surface area contributed by atoms with E-state index in [1.807, 2.05) is 6.07 Å². The largest absolute Gasteiger partial charge is 0.317 e. The van der Waals surface area contributed by atoms with Crippen molar-refractivity contribution in [2.24, 2.45) is 0 Å². The van der Waals surface area contributed by atoms with Crippen LogP contribution in [-0.4, -0.2) is 5.24 Å². The van der Waals surface area contributed by atoms with E-state index in [-0.39, 0.29) is 16.1 Å². The van der Waals surface area contributed by atoms with Crippen molar-refractivity contribution in [3.05, 3.63) is 29.3 Å². The van der Waals surface area contributed by atoms with Crippen LogP contribution >= 0.6 is 12.6 Å². The molecule has 0 saturated carbocycles. The van der Waals surface area contributed by atoms with Gasteiger partial charge in [0.1, 0.15) is 0 Å². The zero-order valence-corrected chi connectivity index (χ0v) is 14.4. The first kappa shape index (κ1) is 17.1. The van der Waals surface area contributed by atoms with E-state index in [2.05, 4.69) is 71.6 Å². The summed E-state index contributed by atoms with van der Waals surface area (Å²) < 4.78 is 0. The molecule has 112 valence electrons. The van der Waals surface area contributed by atoms with Crippen molar-refractivity contribution in [1.29, 1.82) is 0 Å². The lowest BCUT2D eigenvalue weighted by Gasteiger charge is -2.30. The van der Waals surface area contributed by atoms with Crippen LogP contribution in [0.3, 0.4) is 0 Å². The predicted molar refractivity (Wildman–Crippen MR) is 91.1 cm³/mol. The van der Waals surface area contributed by atoms with Crippen LogP contribution in [0.4, 0.5) is 10.5 Å². The fraction of sp³-hybridized carbons (Fsp3) is 0.588. The maximum Gasteiger partial charge on any atom is 0.280 e. The maximum absolute atomic E-state index is 11.3. The number of carbonyl (C=O) groups excluding carboxylic acids is 1. The first-order chi connectivity index (χ1) is 9.14. The molecule has 20 heavy (non-hydrogen) atoms. The number of anilines is 1. The molecule has 1 rings (SSSR count). The van der Waals surface area contributed by atoms with E-state index in [1.54, 1.807) is 0 Å². The standard InChI is InChI=1S/C17H27NOS/c1-7-16(3,4)12-9-10-14(18-15(19)20)13(11-12)17(5,6)8-2/h9-11H,7-8H2,1-6H3,(H2,18,19,20). The number of hydrogen-bond acceptors (Lipinski definition) is 1. The molecule has 0 aliphatic carbocycles. The van der Waals surface area contributed by atoms with Gasteiger partial charge in [-0.05, 0) is 40.9 Å². The highest BCUT2D eigenvalue weighted by Gasteiger charge is 2.26. The van der Waals surface area contributed by atoms with Gasteiger partial charge in [-0.15, -0.1) is 0 Å². The summed E-state index contributed by atoms with van der Waals surface area (Å²) in [4.78, 5) is 11.3. The quantitative estimate of drug-likeness (QED) is 0.687. The molecule has 0 spiro atoms. The third kappa shape index (κ3) is 3.78. The first-order valence-corrected chi connectivity index (χ1v) is 7.73. The van der Waals surface area contributed by atoms with Crippen molar-refractivity contribution < 1.29 is 4.79 Å². The van der Waals surface area contributed by atoms with E-state index >= 15 is 0 Å². The van der Waals surface area contributed by atoms with Gasteiger partial charge in [-0.3, -0.25) is 4.79 Å². The minimum atomic E-state index is -0.319. The topological polar surface area (TPSA) is 29.1 Å². The van der Waals surface area contributed by atoms with Crippen LogP contribution in [-0.2, 0) is 10.8 Å². The Morgan fingerprint density at radius 2 is 1.65 bits per heavy atom. The van der Waals surface area contributed by atoms with Gasteiger partial charge >= 0.3 is 0 Å². The molecule has 0 unspecified atom stereocenters. The van der Waals surface area contributed by atoms with E-state index in [1.165, 1.54) is 11.1 Å². The van der Waals surface area contributed by atoms with Crippen molar-refractivity contribution in [2.75, 3.05) is 5.32 Å². The average Bonchev–Trinajstić information content (AvgIpc) is 2.38. The number of rotatable bonds is 5. The van der Waals surface area contributed by atoms with Crippen LogP contribution in [0.15, 0.2) is 18.2 Å². The van der Waals surface area contributed by atoms with Gasteiger partial charge in [0.25, 0.3) is 5.24 Å². The van der Waals surface area contributed by atoms with Crippen molar-refractivity contribution in [1.82, 2.24) is 0 Å². The molecule has 1 aromatic carbocycles. The van der Waals surface area contributed by atoms with Crippen molar-refractivity contribution in [3.63, 3.8) is 0 Å². The molecule has 0 fully saturated rings. The van der Waals surface area contributed by atoms with Crippen LogP contribution in [0, 0.1) is 0 Å². The lowest BCUT2D eigenvalue weighted by Crippen LogP contribution is -2.22. The second-order valence-corrected chi connectivity index (χ2v) is 7.07. The summed E-state index contributed by atoms with van der Waals surface area (Å²) in [5.74, 6) is 0. The third-order valence-electron chi connectivity index (χ3n) is 4.54. The number of nitrogens with one attached hydrogen (secondary N) is 1.